The van der Waals surface area contributed by atoms with Crippen molar-refractivity contribution in [3.8, 4) is 0 Å². The van der Waals surface area contributed by atoms with Gasteiger partial charge in [-0.1, -0.05) is 6.07 Å². The van der Waals surface area contributed by atoms with Gasteiger partial charge in [0.1, 0.15) is 6.42 Å². The smallest absolute Gasteiger partial charge is 0.312 e. The number of nitrogens with one attached hydrogen (secondary N) is 1. The standard InChI is InChI=1S/C8H9NO3S/c10-7(4-8(11)12)9-5-6-2-1-3-13-6/h1-3H,4-5H2,(H,9,10)(H,11,12). The third-order valence-corrected chi connectivity index (χ3v) is 2.23. The van der Waals surface area contributed by atoms with Crippen molar-refractivity contribution in [2.45, 2.75) is 13.0 Å². The van der Waals surface area contributed by atoms with Gasteiger partial charge in [-0.25, -0.2) is 0 Å². The molecule has 0 aliphatic rings. The highest BCUT2D eigenvalue weighted by atomic mass is 32.1. The van der Waals surface area contributed by atoms with Crippen LogP contribution < -0.4 is 5.32 Å². The number of rotatable bonds is 4. The molecular weight excluding hydrogens is 190 g/mol. The molecular formula is C8H9NO3S. The van der Waals surface area contributed by atoms with Crippen molar-refractivity contribution >= 4 is 23.2 Å². The molecule has 0 atom stereocenters. The van der Waals surface area contributed by atoms with E-state index >= 15 is 0 Å². The minimum absolute atomic E-state index is 0.407. The Labute approximate surface area is 79.2 Å². The molecule has 0 spiro atoms. The van der Waals surface area contributed by atoms with Crippen molar-refractivity contribution in [2.75, 3.05) is 0 Å². The third-order valence-electron chi connectivity index (χ3n) is 1.35. The van der Waals surface area contributed by atoms with Gasteiger partial charge < -0.3 is 10.4 Å². The first kappa shape index (κ1) is 9.73. The van der Waals surface area contributed by atoms with Crippen molar-refractivity contribution in [3.05, 3.63) is 22.4 Å². The molecule has 0 bridgehead atoms. The van der Waals surface area contributed by atoms with Crippen molar-refractivity contribution in [1.29, 1.82) is 0 Å². The van der Waals surface area contributed by atoms with E-state index in [0.717, 1.165) is 4.88 Å². The summed E-state index contributed by atoms with van der Waals surface area (Å²) in [6, 6.07) is 3.76. The molecule has 70 valence electrons. The van der Waals surface area contributed by atoms with E-state index in [2.05, 4.69) is 5.32 Å². The van der Waals surface area contributed by atoms with Crippen LogP contribution in [0.1, 0.15) is 11.3 Å². The number of carbonyl (C=O) groups excluding carboxylic acids is 1. The number of thiophene rings is 1. The molecule has 1 rings (SSSR count). The highest BCUT2D eigenvalue weighted by Crippen LogP contribution is 2.07. The SMILES string of the molecule is O=C(O)CC(=O)NCc1cccs1. The lowest BCUT2D eigenvalue weighted by Gasteiger charge is -1.99. The van der Waals surface area contributed by atoms with Crippen LogP contribution in [0.3, 0.4) is 0 Å². The van der Waals surface area contributed by atoms with E-state index in [1.54, 1.807) is 0 Å². The van der Waals surface area contributed by atoms with Crippen LogP contribution in [0.15, 0.2) is 17.5 Å². The Balaban J connectivity index is 2.27. The van der Waals surface area contributed by atoms with E-state index in [0.29, 0.717) is 6.54 Å². The first-order valence-electron chi connectivity index (χ1n) is 3.69. The first-order valence-corrected chi connectivity index (χ1v) is 4.57. The molecule has 0 aliphatic carbocycles. The third kappa shape index (κ3) is 3.71. The molecule has 0 saturated carbocycles. The topological polar surface area (TPSA) is 66.4 Å². The lowest BCUT2D eigenvalue weighted by Crippen LogP contribution is -2.24. The largest absolute Gasteiger partial charge is 0.481 e. The highest BCUT2D eigenvalue weighted by molar-refractivity contribution is 7.09. The maximum absolute atomic E-state index is 10.9. The van der Waals surface area contributed by atoms with Gasteiger partial charge in [0.15, 0.2) is 0 Å². The van der Waals surface area contributed by atoms with Gasteiger partial charge in [0, 0.05) is 4.88 Å². The first-order chi connectivity index (χ1) is 6.18. The fourth-order valence-corrected chi connectivity index (χ4v) is 1.44. The van der Waals surface area contributed by atoms with Crippen molar-refractivity contribution in [2.24, 2.45) is 0 Å². The summed E-state index contributed by atoms with van der Waals surface area (Å²) in [7, 11) is 0. The zero-order chi connectivity index (χ0) is 9.68. The lowest BCUT2D eigenvalue weighted by atomic mass is 10.4. The van der Waals surface area contributed by atoms with Crippen LogP contribution in [0.25, 0.3) is 0 Å². The summed E-state index contributed by atoms with van der Waals surface area (Å²) in [5, 5.41) is 12.7. The quantitative estimate of drug-likeness (QED) is 0.706. The summed E-state index contributed by atoms with van der Waals surface area (Å²) in [6.07, 6.45) is -0.467. The molecule has 13 heavy (non-hydrogen) atoms. The molecule has 1 aromatic heterocycles. The van der Waals surface area contributed by atoms with E-state index in [-0.39, 0.29) is 0 Å². The zero-order valence-electron chi connectivity index (χ0n) is 6.82. The van der Waals surface area contributed by atoms with Crippen LogP contribution in [-0.4, -0.2) is 17.0 Å². The summed E-state index contributed by atoms with van der Waals surface area (Å²) >= 11 is 1.52. The van der Waals surface area contributed by atoms with Crippen molar-refractivity contribution in [1.82, 2.24) is 5.32 Å². The summed E-state index contributed by atoms with van der Waals surface area (Å²) in [5.74, 6) is -1.57. The minimum atomic E-state index is -1.11. The Kier molecular flexibility index (Phi) is 3.45. The van der Waals surface area contributed by atoms with Gasteiger partial charge in [0.05, 0.1) is 6.54 Å². The average molecular weight is 199 g/mol. The normalized spacial score (nSPS) is 9.54. The van der Waals surface area contributed by atoms with Gasteiger partial charge in [-0.3, -0.25) is 9.59 Å². The molecule has 2 N–H and O–H groups in total. The predicted molar refractivity (Wildman–Crippen MR) is 48.4 cm³/mol. The van der Waals surface area contributed by atoms with Gasteiger partial charge in [0.2, 0.25) is 5.91 Å². The maximum Gasteiger partial charge on any atom is 0.312 e. The molecule has 1 aromatic rings. The van der Waals surface area contributed by atoms with Crippen LogP contribution in [0.2, 0.25) is 0 Å². The molecule has 0 fully saturated rings. The molecule has 0 radical (unpaired) electrons. The number of aliphatic carboxylic acids is 1. The second-order valence-electron chi connectivity index (χ2n) is 2.43. The fourth-order valence-electron chi connectivity index (χ4n) is 0.799. The molecule has 1 amide bonds. The van der Waals surface area contributed by atoms with Gasteiger partial charge in [0.25, 0.3) is 0 Å². The van der Waals surface area contributed by atoms with Crippen LogP contribution in [0.4, 0.5) is 0 Å². The Morgan fingerprint density at radius 3 is 2.85 bits per heavy atom. The second-order valence-corrected chi connectivity index (χ2v) is 3.46. The Morgan fingerprint density at radius 1 is 1.54 bits per heavy atom. The van der Waals surface area contributed by atoms with E-state index < -0.39 is 18.3 Å². The number of carboxylic acid groups (broad SMARTS) is 1. The van der Waals surface area contributed by atoms with Crippen LogP contribution in [-0.2, 0) is 16.1 Å². The predicted octanol–water partition coefficient (Wildman–Crippen LogP) is 0.839. The van der Waals surface area contributed by atoms with Gasteiger partial charge >= 0.3 is 5.97 Å². The second kappa shape index (κ2) is 4.61. The summed E-state index contributed by atoms with van der Waals surface area (Å²) in [4.78, 5) is 22.0. The highest BCUT2D eigenvalue weighted by Gasteiger charge is 2.06. The molecule has 5 heteroatoms. The Bertz CT molecular complexity index is 294. The van der Waals surface area contributed by atoms with Crippen LogP contribution in [0, 0.1) is 0 Å². The average Bonchev–Trinajstić information content (AvgIpc) is 2.51. The van der Waals surface area contributed by atoms with E-state index in [9.17, 15) is 9.59 Å². The van der Waals surface area contributed by atoms with Gasteiger partial charge in [-0.2, -0.15) is 0 Å². The van der Waals surface area contributed by atoms with Crippen LogP contribution >= 0.6 is 11.3 Å². The van der Waals surface area contributed by atoms with E-state index in [1.807, 2.05) is 17.5 Å². The Morgan fingerprint density at radius 2 is 2.31 bits per heavy atom. The minimum Gasteiger partial charge on any atom is -0.481 e. The molecule has 1 heterocycles. The van der Waals surface area contributed by atoms with Crippen LogP contribution in [0.5, 0.6) is 0 Å². The van der Waals surface area contributed by atoms with Crippen molar-refractivity contribution in [3.63, 3.8) is 0 Å². The fraction of sp³-hybridized carbons (Fsp3) is 0.250. The lowest BCUT2D eigenvalue weighted by molar-refractivity contribution is -0.140. The van der Waals surface area contributed by atoms with Gasteiger partial charge in [-0.15, -0.1) is 11.3 Å². The molecule has 0 unspecified atom stereocenters. The molecule has 4 nitrogen and oxygen atoms in total. The monoisotopic (exact) mass is 199 g/mol. The Hall–Kier alpha value is -1.36. The number of amides is 1. The summed E-state index contributed by atoms with van der Waals surface area (Å²) in [6.45, 7) is 0.407. The van der Waals surface area contributed by atoms with Gasteiger partial charge in [-0.05, 0) is 11.4 Å². The van der Waals surface area contributed by atoms with E-state index in [1.165, 1.54) is 11.3 Å². The van der Waals surface area contributed by atoms with Crippen molar-refractivity contribution < 1.29 is 14.7 Å². The molecule has 0 aliphatic heterocycles. The maximum atomic E-state index is 10.9. The zero-order valence-corrected chi connectivity index (χ0v) is 7.63. The number of carbonyl (C=O) groups is 2. The number of hydrogen-bond donors (Lipinski definition) is 2. The summed E-state index contributed by atoms with van der Waals surface area (Å²) < 4.78 is 0. The number of hydrogen-bond acceptors (Lipinski definition) is 3. The summed E-state index contributed by atoms with van der Waals surface area (Å²) in [5.41, 5.74) is 0. The molecule has 0 aromatic carbocycles. The van der Waals surface area contributed by atoms with E-state index in [4.69, 9.17) is 5.11 Å². The number of carboxylic acids is 1. The molecule has 0 saturated heterocycles.